The summed E-state index contributed by atoms with van der Waals surface area (Å²) in [5, 5.41) is 2.64. The third-order valence-corrected chi connectivity index (χ3v) is 3.29. The monoisotopic (exact) mass is 465 g/mol. The molecular formula is C17H19F3IN3O. The summed E-state index contributed by atoms with van der Waals surface area (Å²) < 4.78 is 41.2. The van der Waals surface area contributed by atoms with Crippen molar-refractivity contribution < 1.29 is 17.9 Å². The van der Waals surface area contributed by atoms with E-state index in [4.69, 9.17) is 5.73 Å². The topological polar surface area (TPSA) is 59.6 Å². The van der Waals surface area contributed by atoms with Gasteiger partial charge in [-0.1, -0.05) is 43.3 Å². The van der Waals surface area contributed by atoms with Crippen LogP contribution in [-0.2, 0) is 13.0 Å². The van der Waals surface area contributed by atoms with Gasteiger partial charge in [0.2, 0.25) is 0 Å². The van der Waals surface area contributed by atoms with Gasteiger partial charge >= 0.3 is 6.36 Å². The second-order valence-electron chi connectivity index (χ2n) is 4.99. The highest BCUT2D eigenvalue weighted by atomic mass is 127. The van der Waals surface area contributed by atoms with Gasteiger partial charge in [-0.2, -0.15) is 0 Å². The fourth-order valence-electron chi connectivity index (χ4n) is 2.19. The highest BCUT2D eigenvalue weighted by Gasteiger charge is 2.32. The summed E-state index contributed by atoms with van der Waals surface area (Å²) in [6.07, 6.45) is -3.91. The lowest BCUT2D eigenvalue weighted by molar-refractivity contribution is -0.274. The number of alkyl halides is 3. The SMILES string of the molecule is CCc1ccccc1CN=C(N)Nc1ccccc1OC(F)(F)F.I. The van der Waals surface area contributed by atoms with Gasteiger partial charge in [0.25, 0.3) is 0 Å². The lowest BCUT2D eigenvalue weighted by Gasteiger charge is -2.14. The van der Waals surface area contributed by atoms with E-state index in [1.54, 1.807) is 6.07 Å². The molecule has 2 aromatic carbocycles. The number of guanidine groups is 1. The number of nitrogens with two attached hydrogens (primary N) is 1. The Labute approximate surface area is 161 Å². The van der Waals surface area contributed by atoms with Crippen molar-refractivity contribution >= 4 is 35.6 Å². The Kier molecular flexibility index (Phi) is 8.01. The highest BCUT2D eigenvalue weighted by Crippen LogP contribution is 2.29. The zero-order chi connectivity index (χ0) is 17.6. The van der Waals surface area contributed by atoms with Crippen LogP contribution in [-0.4, -0.2) is 12.3 Å². The molecule has 0 saturated heterocycles. The second kappa shape index (κ2) is 9.50. The van der Waals surface area contributed by atoms with Crippen LogP contribution in [0, 0.1) is 0 Å². The molecule has 0 amide bonds. The van der Waals surface area contributed by atoms with Gasteiger partial charge in [0, 0.05) is 0 Å². The summed E-state index contributed by atoms with van der Waals surface area (Å²) in [7, 11) is 0. The molecule has 0 spiro atoms. The minimum Gasteiger partial charge on any atom is -0.404 e. The zero-order valence-corrected chi connectivity index (χ0v) is 15.8. The molecule has 0 aliphatic carbocycles. The maximum Gasteiger partial charge on any atom is 0.573 e. The van der Waals surface area contributed by atoms with Gasteiger partial charge in [0.1, 0.15) is 0 Å². The number of para-hydroxylation sites is 2. The van der Waals surface area contributed by atoms with Crippen LogP contribution in [0.2, 0.25) is 0 Å². The Balaban J connectivity index is 0.00000312. The predicted molar refractivity (Wildman–Crippen MR) is 103 cm³/mol. The molecule has 3 N–H and O–H groups in total. The molecule has 2 aromatic rings. The Bertz CT molecular complexity index is 720. The first-order valence-corrected chi connectivity index (χ1v) is 7.37. The quantitative estimate of drug-likeness (QED) is 0.383. The number of anilines is 1. The summed E-state index contributed by atoms with van der Waals surface area (Å²) in [5.74, 6) is -0.351. The lowest BCUT2D eigenvalue weighted by atomic mass is 10.1. The van der Waals surface area contributed by atoms with Gasteiger partial charge in [0.15, 0.2) is 11.7 Å². The van der Waals surface area contributed by atoms with Gasteiger partial charge in [-0.25, -0.2) is 4.99 Å². The Morgan fingerprint density at radius 3 is 2.32 bits per heavy atom. The molecule has 0 aromatic heterocycles. The summed E-state index contributed by atoms with van der Waals surface area (Å²) in [4.78, 5) is 4.18. The Morgan fingerprint density at radius 1 is 1.08 bits per heavy atom. The number of aliphatic imine (C=N–C) groups is 1. The van der Waals surface area contributed by atoms with Gasteiger partial charge in [0.05, 0.1) is 12.2 Å². The highest BCUT2D eigenvalue weighted by molar-refractivity contribution is 14.0. The number of nitrogens with zero attached hydrogens (tertiary/aromatic N) is 1. The molecule has 0 radical (unpaired) electrons. The van der Waals surface area contributed by atoms with E-state index in [9.17, 15) is 13.2 Å². The number of ether oxygens (including phenoxy) is 1. The molecule has 0 saturated carbocycles. The van der Waals surface area contributed by atoms with Crippen molar-refractivity contribution in [2.45, 2.75) is 26.3 Å². The molecule has 0 heterocycles. The Morgan fingerprint density at radius 2 is 1.68 bits per heavy atom. The van der Waals surface area contributed by atoms with Crippen molar-refractivity contribution in [2.75, 3.05) is 5.32 Å². The Hall–Kier alpha value is -1.97. The minimum absolute atomic E-state index is 0. The van der Waals surface area contributed by atoms with Crippen LogP contribution in [0.3, 0.4) is 0 Å². The largest absolute Gasteiger partial charge is 0.573 e. The number of hydrogen-bond donors (Lipinski definition) is 2. The van der Waals surface area contributed by atoms with E-state index in [-0.39, 0.29) is 41.4 Å². The van der Waals surface area contributed by atoms with Crippen LogP contribution >= 0.6 is 24.0 Å². The number of benzene rings is 2. The van der Waals surface area contributed by atoms with Gasteiger partial charge in [-0.15, -0.1) is 37.1 Å². The maximum atomic E-state index is 12.4. The van der Waals surface area contributed by atoms with Crippen molar-refractivity contribution in [1.82, 2.24) is 0 Å². The van der Waals surface area contributed by atoms with Crippen molar-refractivity contribution in [3.8, 4) is 5.75 Å². The molecule has 136 valence electrons. The van der Waals surface area contributed by atoms with E-state index >= 15 is 0 Å². The summed E-state index contributed by atoms with van der Waals surface area (Å²) in [5.41, 5.74) is 8.04. The predicted octanol–water partition coefficient (Wildman–Crippen LogP) is 4.69. The average Bonchev–Trinajstić information content (AvgIpc) is 2.53. The minimum atomic E-state index is -4.77. The number of rotatable bonds is 5. The first kappa shape index (κ1) is 21.1. The summed E-state index contributed by atoms with van der Waals surface area (Å²) in [6, 6.07) is 13.4. The molecule has 0 unspecified atom stereocenters. The third-order valence-electron chi connectivity index (χ3n) is 3.29. The first-order chi connectivity index (χ1) is 11.4. The molecule has 0 fully saturated rings. The molecular weight excluding hydrogens is 446 g/mol. The molecule has 0 atom stereocenters. The van der Waals surface area contributed by atoms with Crippen LogP contribution in [0.5, 0.6) is 5.75 Å². The van der Waals surface area contributed by atoms with Crippen molar-refractivity contribution in [3.63, 3.8) is 0 Å². The number of hydrogen-bond acceptors (Lipinski definition) is 2. The fourth-order valence-corrected chi connectivity index (χ4v) is 2.19. The van der Waals surface area contributed by atoms with Crippen LogP contribution in [0.1, 0.15) is 18.1 Å². The van der Waals surface area contributed by atoms with Crippen LogP contribution in [0.4, 0.5) is 18.9 Å². The maximum absolute atomic E-state index is 12.4. The van der Waals surface area contributed by atoms with E-state index in [0.29, 0.717) is 6.54 Å². The normalized spacial score (nSPS) is 11.6. The zero-order valence-electron chi connectivity index (χ0n) is 13.5. The standard InChI is InChI=1S/C17H18F3N3O.HI/c1-2-12-7-3-4-8-13(12)11-22-16(21)23-14-9-5-6-10-15(14)24-17(18,19)20;/h3-10H,2,11H2,1H3,(H3,21,22,23);1H. The smallest absolute Gasteiger partial charge is 0.404 e. The molecule has 0 bridgehead atoms. The molecule has 0 aliphatic heterocycles. The molecule has 0 aliphatic rings. The summed E-state index contributed by atoms with van der Waals surface area (Å²) in [6.45, 7) is 2.38. The molecule has 8 heteroatoms. The second-order valence-corrected chi connectivity index (χ2v) is 4.99. The van der Waals surface area contributed by atoms with E-state index in [1.807, 2.05) is 31.2 Å². The van der Waals surface area contributed by atoms with Crippen molar-refractivity contribution in [3.05, 3.63) is 59.7 Å². The molecule has 2 rings (SSSR count). The van der Waals surface area contributed by atoms with Crippen molar-refractivity contribution in [2.24, 2.45) is 10.7 Å². The van der Waals surface area contributed by atoms with Crippen LogP contribution in [0.15, 0.2) is 53.5 Å². The average molecular weight is 465 g/mol. The van der Waals surface area contributed by atoms with E-state index in [2.05, 4.69) is 15.0 Å². The van der Waals surface area contributed by atoms with Crippen LogP contribution in [0.25, 0.3) is 0 Å². The first-order valence-electron chi connectivity index (χ1n) is 7.37. The van der Waals surface area contributed by atoms with Crippen LogP contribution < -0.4 is 15.8 Å². The number of aryl methyl sites for hydroxylation is 1. The number of nitrogens with one attached hydrogen (secondary N) is 1. The fraction of sp³-hybridized carbons (Fsp3) is 0.235. The van der Waals surface area contributed by atoms with E-state index in [1.165, 1.54) is 18.2 Å². The number of halogens is 4. The van der Waals surface area contributed by atoms with Gasteiger partial charge in [-0.05, 0) is 29.7 Å². The van der Waals surface area contributed by atoms with Gasteiger partial charge < -0.3 is 15.8 Å². The van der Waals surface area contributed by atoms with E-state index < -0.39 is 6.36 Å². The third kappa shape index (κ3) is 6.81. The lowest BCUT2D eigenvalue weighted by Crippen LogP contribution is -2.24. The van der Waals surface area contributed by atoms with Gasteiger partial charge in [-0.3, -0.25) is 0 Å². The summed E-state index contributed by atoms with van der Waals surface area (Å²) >= 11 is 0. The molecule has 25 heavy (non-hydrogen) atoms. The van der Waals surface area contributed by atoms with E-state index in [0.717, 1.165) is 17.5 Å². The molecule has 4 nitrogen and oxygen atoms in total. The van der Waals surface area contributed by atoms with Crippen molar-refractivity contribution in [1.29, 1.82) is 0 Å².